The number of H-pyrrole nitrogens is 1. The fraction of sp³-hybridized carbons (Fsp3) is 0.167. The Morgan fingerprint density at radius 3 is 2.68 bits per heavy atom. The van der Waals surface area contributed by atoms with Gasteiger partial charge < -0.3 is 14.9 Å². The molecule has 0 aliphatic heterocycles. The van der Waals surface area contributed by atoms with Crippen molar-refractivity contribution in [3.05, 3.63) is 76.0 Å². The van der Waals surface area contributed by atoms with Gasteiger partial charge in [0.25, 0.3) is 5.56 Å². The molecule has 0 spiro atoms. The maximum atomic E-state index is 14.0. The molecular weight excluding hydrogens is 323 g/mol. The molecular formula is C18H17FN4O2. The number of nitrogens with one attached hydrogen (secondary N) is 2. The zero-order valence-corrected chi connectivity index (χ0v) is 13.8. The highest BCUT2D eigenvalue weighted by Gasteiger charge is 2.13. The van der Waals surface area contributed by atoms with E-state index in [0.29, 0.717) is 28.5 Å². The van der Waals surface area contributed by atoms with E-state index < -0.39 is 5.82 Å². The summed E-state index contributed by atoms with van der Waals surface area (Å²) in [5.41, 5.74) is 1.28. The van der Waals surface area contributed by atoms with E-state index in [4.69, 9.17) is 0 Å². The second-order valence-electron chi connectivity index (χ2n) is 5.70. The first kappa shape index (κ1) is 16.6. The van der Waals surface area contributed by atoms with E-state index in [-0.39, 0.29) is 17.9 Å². The van der Waals surface area contributed by atoms with Crippen LogP contribution < -0.4 is 10.9 Å². The zero-order chi connectivity index (χ0) is 18.0. The number of halogens is 1. The van der Waals surface area contributed by atoms with Crippen molar-refractivity contribution in [2.24, 2.45) is 0 Å². The summed E-state index contributed by atoms with van der Waals surface area (Å²) in [7, 11) is 0. The number of aryl methyl sites for hydroxylation is 2. The van der Waals surface area contributed by atoms with Gasteiger partial charge in [0.2, 0.25) is 5.91 Å². The third-order valence-corrected chi connectivity index (χ3v) is 3.79. The minimum atomic E-state index is -0.399. The van der Waals surface area contributed by atoms with Crippen LogP contribution >= 0.6 is 0 Å². The Morgan fingerprint density at radius 1 is 1.28 bits per heavy atom. The summed E-state index contributed by atoms with van der Waals surface area (Å²) in [5, 5.41) is 2.69. The molecule has 0 aliphatic carbocycles. The fourth-order valence-corrected chi connectivity index (χ4v) is 2.61. The molecule has 25 heavy (non-hydrogen) atoms. The van der Waals surface area contributed by atoms with Crippen LogP contribution in [0.25, 0.3) is 5.69 Å². The molecule has 0 bridgehead atoms. The van der Waals surface area contributed by atoms with Crippen molar-refractivity contribution in [3.8, 4) is 5.69 Å². The molecule has 0 radical (unpaired) electrons. The largest absolute Gasteiger partial charge is 0.326 e. The summed E-state index contributed by atoms with van der Waals surface area (Å²) in [6, 6.07) is 7.87. The quantitative estimate of drug-likeness (QED) is 0.766. The van der Waals surface area contributed by atoms with Crippen molar-refractivity contribution in [3.63, 3.8) is 0 Å². The van der Waals surface area contributed by atoms with Gasteiger partial charge in [0.1, 0.15) is 11.6 Å². The molecule has 0 saturated heterocycles. The smallest absolute Gasteiger partial charge is 0.254 e. The number of amides is 1. The van der Waals surface area contributed by atoms with Crippen LogP contribution in [0.4, 0.5) is 10.1 Å². The third kappa shape index (κ3) is 3.65. The summed E-state index contributed by atoms with van der Waals surface area (Å²) < 4.78 is 15.6. The van der Waals surface area contributed by atoms with Crippen molar-refractivity contribution in [2.75, 3.05) is 5.32 Å². The number of aromatic nitrogens is 3. The Balaban J connectivity index is 1.80. The van der Waals surface area contributed by atoms with Crippen LogP contribution in [-0.4, -0.2) is 20.4 Å². The zero-order valence-electron chi connectivity index (χ0n) is 13.8. The van der Waals surface area contributed by atoms with Crippen molar-refractivity contribution in [2.45, 2.75) is 20.3 Å². The topological polar surface area (TPSA) is 79.8 Å². The van der Waals surface area contributed by atoms with E-state index in [2.05, 4.69) is 15.3 Å². The number of hydrogen-bond donors (Lipinski definition) is 2. The first-order chi connectivity index (χ1) is 11.9. The van der Waals surface area contributed by atoms with Gasteiger partial charge in [0, 0.05) is 29.3 Å². The molecule has 2 heterocycles. The monoisotopic (exact) mass is 340 g/mol. The van der Waals surface area contributed by atoms with E-state index in [9.17, 15) is 14.0 Å². The molecule has 3 rings (SSSR count). The van der Waals surface area contributed by atoms with Crippen molar-refractivity contribution in [1.82, 2.24) is 14.5 Å². The third-order valence-electron chi connectivity index (χ3n) is 3.79. The molecule has 0 saturated carbocycles. The molecule has 1 aromatic carbocycles. The predicted octanol–water partition coefficient (Wildman–Crippen LogP) is 2.50. The van der Waals surface area contributed by atoms with Gasteiger partial charge in [0.15, 0.2) is 0 Å². The molecule has 2 N–H and O–H groups in total. The highest BCUT2D eigenvalue weighted by molar-refractivity contribution is 5.92. The first-order valence-corrected chi connectivity index (χ1v) is 7.73. The van der Waals surface area contributed by atoms with Gasteiger partial charge in [-0.2, -0.15) is 0 Å². The first-order valence-electron chi connectivity index (χ1n) is 7.73. The average molecular weight is 340 g/mol. The van der Waals surface area contributed by atoms with E-state index in [1.165, 1.54) is 18.2 Å². The van der Waals surface area contributed by atoms with Crippen LogP contribution in [0.3, 0.4) is 0 Å². The standard InChI is InChI=1S/C18H17FN4O2/c1-11-14(18(25)21-12(2)20-11)10-17(24)22-13-5-6-15(19)16(9-13)23-7-3-4-8-23/h3-9H,10H2,1-2H3,(H,22,24)(H,20,21,25). The highest BCUT2D eigenvalue weighted by Crippen LogP contribution is 2.19. The molecule has 0 unspecified atom stereocenters. The molecule has 3 aromatic rings. The second-order valence-corrected chi connectivity index (χ2v) is 5.70. The van der Waals surface area contributed by atoms with E-state index in [1.54, 1.807) is 42.9 Å². The van der Waals surface area contributed by atoms with E-state index in [1.807, 2.05) is 0 Å². The normalized spacial score (nSPS) is 10.7. The van der Waals surface area contributed by atoms with Gasteiger partial charge in [-0.3, -0.25) is 9.59 Å². The minimum Gasteiger partial charge on any atom is -0.326 e. The van der Waals surface area contributed by atoms with Gasteiger partial charge in [-0.15, -0.1) is 0 Å². The average Bonchev–Trinajstić information content (AvgIpc) is 3.07. The van der Waals surface area contributed by atoms with E-state index >= 15 is 0 Å². The summed E-state index contributed by atoms with van der Waals surface area (Å²) in [4.78, 5) is 31.0. The molecule has 0 fully saturated rings. The lowest BCUT2D eigenvalue weighted by atomic mass is 10.1. The van der Waals surface area contributed by atoms with Crippen LogP contribution in [0.5, 0.6) is 0 Å². The summed E-state index contributed by atoms with van der Waals surface area (Å²) in [5.74, 6) is -0.268. The number of carbonyl (C=O) groups excluding carboxylic acids is 1. The van der Waals surface area contributed by atoms with Crippen LogP contribution in [0.15, 0.2) is 47.5 Å². The number of hydrogen-bond acceptors (Lipinski definition) is 3. The number of benzene rings is 1. The van der Waals surface area contributed by atoms with Gasteiger partial charge in [-0.05, 0) is 44.2 Å². The molecule has 0 atom stereocenters. The Morgan fingerprint density at radius 2 is 2.00 bits per heavy atom. The van der Waals surface area contributed by atoms with Crippen LogP contribution in [0.2, 0.25) is 0 Å². The molecule has 7 heteroatoms. The van der Waals surface area contributed by atoms with E-state index in [0.717, 1.165) is 0 Å². The van der Waals surface area contributed by atoms with Crippen molar-refractivity contribution in [1.29, 1.82) is 0 Å². The maximum absolute atomic E-state index is 14.0. The van der Waals surface area contributed by atoms with Crippen LogP contribution in [0.1, 0.15) is 17.1 Å². The Bertz CT molecular complexity index is 977. The van der Waals surface area contributed by atoms with Crippen LogP contribution in [-0.2, 0) is 11.2 Å². The van der Waals surface area contributed by atoms with Crippen molar-refractivity contribution >= 4 is 11.6 Å². The number of aromatic amines is 1. The van der Waals surface area contributed by atoms with Crippen molar-refractivity contribution < 1.29 is 9.18 Å². The van der Waals surface area contributed by atoms with Gasteiger partial charge in [-0.25, -0.2) is 9.37 Å². The summed E-state index contributed by atoms with van der Waals surface area (Å²) in [6.07, 6.45) is 3.32. The molecule has 128 valence electrons. The van der Waals surface area contributed by atoms with Gasteiger partial charge in [0.05, 0.1) is 12.1 Å². The summed E-state index contributed by atoms with van der Waals surface area (Å²) >= 11 is 0. The van der Waals surface area contributed by atoms with Crippen LogP contribution in [0, 0.1) is 19.7 Å². The lowest BCUT2D eigenvalue weighted by Gasteiger charge is -2.10. The molecule has 2 aromatic heterocycles. The molecule has 6 nitrogen and oxygen atoms in total. The molecule has 0 aliphatic rings. The molecule has 1 amide bonds. The number of nitrogens with zero attached hydrogens (tertiary/aromatic N) is 2. The van der Waals surface area contributed by atoms with Gasteiger partial charge >= 0.3 is 0 Å². The number of anilines is 1. The second kappa shape index (κ2) is 6.72. The highest BCUT2D eigenvalue weighted by atomic mass is 19.1. The number of rotatable bonds is 4. The predicted molar refractivity (Wildman–Crippen MR) is 92.4 cm³/mol. The SMILES string of the molecule is Cc1nc(C)c(CC(=O)Nc2ccc(F)c(-n3cccc3)c2)c(=O)[nH]1. The Kier molecular flexibility index (Phi) is 4.47. The lowest BCUT2D eigenvalue weighted by Crippen LogP contribution is -2.24. The lowest BCUT2D eigenvalue weighted by molar-refractivity contribution is -0.115. The Labute approximate surface area is 143 Å². The number of carbonyl (C=O) groups is 1. The minimum absolute atomic E-state index is 0.106. The fourth-order valence-electron chi connectivity index (χ4n) is 2.61. The van der Waals surface area contributed by atoms with Gasteiger partial charge in [-0.1, -0.05) is 0 Å². The maximum Gasteiger partial charge on any atom is 0.254 e. The Hall–Kier alpha value is -3.22. The summed E-state index contributed by atoms with van der Waals surface area (Å²) in [6.45, 7) is 3.37.